The molecule has 0 aliphatic carbocycles. The number of benzene rings is 2. The number of rotatable bonds is 8. The molecule has 2 aromatic carbocycles. The van der Waals surface area contributed by atoms with Crippen molar-refractivity contribution in [3.05, 3.63) is 98.3 Å². The maximum atomic E-state index is 13.5. The maximum absolute atomic E-state index is 13.5. The van der Waals surface area contributed by atoms with Crippen LogP contribution in [0, 0.1) is 5.82 Å². The topological polar surface area (TPSA) is 126 Å². The molecule has 0 unspecified atom stereocenters. The summed E-state index contributed by atoms with van der Waals surface area (Å²) in [4.78, 5) is 40.4. The Morgan fingerprint density at radius 1 is 1.06 bits per heavy atom. The lowest BCUT2D eigenvalue weighted by Gasteiger charge is -2.10. The molecule has 4 aromatic rings. The van der Waals surface area contributed by atoms with E-state index < -0.39 is 17.1 Å². The second kappa shape index (κ2) is 10.3. The zero-order chi connectivity index (χ0) is 24.1. The zero-order valence-electron chi connectivity index (χ0n) is 18.2. The largest absolute Gasteiger partial charge is 0.325 e. The molecule has 11 heteroatoms. The van der Waals surface area contributed by atoms with Crippen molar-refractivity contribution in [2.45, 2.75) is 24.9 Å². The molecule has 34 heavy (non-hydrogen) atoms. The molecule has 2 heterocycles. The molecule has 4 rings (SSSR count). The van der Waals surface area contributed by atoms with Crippen molar-refractivity contribution >= 4 is 23.4 Å². The first-order valence-corrected chi connectivity index (χ1v) is 11.4. The highest BCUT2D eigenvalue weighted by atomic mass is 32.2. The molecule has 0 atom stereocenters. The Balaban J connectivity index is 1.56. The van der Waals surface area contributed by atoms with Crippen molar-refractivity contribution in [1.82, 2.24) is 24.7 Å². The number of aromatic amines is 2. The molecule has 3 N–H and O–H groups in total. The van der Waals surface area contributed by atoms with Crippen LogP contribution in [-0.4, -0.2) is 36.4 Å². The van der Waals surface area contributed by atoms with Crippen LogP contribution in [0.2, 0.25) is 0 Å². The Morgan fingerprint density at radius 3 is 2.47 bits per heavy atom. The number of halogens is 1. The SMILES string of the molecule is CCc1ccc(NC(=O)CSc2nnc(Cc3cc(=O)[nH]c(=O)[nH]3)n2-c2ccc(F)cc2)cc1. The summed E-state index contributed by atoms with van der Waals surface area (Å²) in [5.41, 5.74) is 1.62. The van der Waals surface area contributed by atoms with Gasteiger partial charge in [0.15, 0.2) is 5.16 Å². The summed E-state index contributed by atoms with van der Waals surface area (Å²) in [6.45, 7) is 2.06. The molecule has 0 fully saturated rings. The summed E-state index contributed by atoms with van der Waals surface area (Å²) in [5.74, 6) is -0.147. The van der Waals surface area contributed by atoms with Gasteiger partial charge in [-0.2, -0.15) is 0 Å². The molecule has 0 aliphatic rings. The van der Waals surface area contributed by atoms with E-state index in [1.807, 2.05) is 24.3 Å². The van der Waals surface area contributed by atoms with E-state index >= 15 is 0 Å². The van der Waals surface area contributed by atoms with E-state index in [9.17, 15) is 18.8 Å². The van der Waals surface area contributed by atoms with Gasteiger partial charge in [-0.1, -0.05) is 30.8 Å². The number of nitrogens with one attached hydrogen (secondary N) is 3. The summed E-state index contributed by atoms with van der Waals surface area (Å²) in [6.07, 6.45) is 1.01. The number of H-pyrrole nitrogens is 2. The van der Waals surface area contributed by atoms with E-state index in [4.69, 9.17) is 0 Å². The molecule has 0 spiro atoms. The predicted molar refractivity (Wildman–Crippen MR) is 127 cm³/mol. The number of aromatic nitrogens is 5. The number of nitrogens with zero attached hydrogens (tertiary/aromatic N) is 3. The van der Waals surface area contributed by atoms with Crippen LogP contribution in [0.4, 0.5) is 10.1 Å². The maximum Gasteiger partial charge on any atom is 0.325 e. The number of thioether (sulfide) groups is 1. The van der Waals surface area contributed by atoms with Crippen LogP contribution in [-0.2, 0) is 17.6 Å². The van der Waals surface area contributed by atoms with Gasteiger partial charge < -0.3 is 10.3 Å². The first-order valence-electron chi connectivity index (χ1n) is 10.5. The first-order chi connectivity index (χ1) is 16.4. The molecule has 2 aromatic heterocycles. The lowest BCUT2D eigenvalue weighted by atomic mass is 10.1. The van der Waals surface area contributed by atoms with E-state index in [1.165, 1.54) is 23.8 Å². The highest BCUT2D eigenvalue weighted by molar-refractivity contribution is 7.99. The average Bonchev–Trinajstić information content (AvgIpc) is 3.20. The second-order valence-corrected chi connectivity index (χ2v) is 8.33. The summed E-state index contributed by atoms with van der Waals surface area (Å²) in [7, 11) is 0. The van der Waals surface area contributed by atoms with Crippen molar-refractivity contribution < 1.29 is 9.18 Å². The number of carbonyl (C=O) groups is 1. The molecule has 0 aliphatic heterocycles. The summed E-state index contributed by atoms with van der Waals surface area (Å²) in [6, 6.07) is 14.6. The van der Waals surface area contributed by atoms with Gasteiger partial charge in [0.05, 0.1) is 5.75 Å². The fourth-order valence-corrected chi connectivity index (χ4v) is 4.06. The Hall–Kier alpha value is -3.99. The molecule has 9 nitrogen and oxygen atoms in total. The number of amides is 1. The quantitative estimate of drug-likeness (QED) is 0.333. The number of hydrogen-bond acceptors (Lipinski definition) is 6. The van der Waals surface area contributed by atoms with Crippen molar-refractivity contribution in [2.75, 3.05) is 11.1 Å². The van der Waals surface area contributed by atoms with Crippen LogP contribution in [0.5, 0.6) is 0 Å². The van der Waals surface area contributed by atoms with Crippen molar-refractivity contribution in [2.24, 2.45) is 0 Å². The Labute approximate surface area is 197 Å². The Bertz CT molecular complexity index is 1380. The van der Waals surface area contributed by atoms with E-state index in [2.05, 4.69) is 32.4 Å². The van der Waals surface area contributed by atoms with Gasteiger partial charge in [0.2, 0.25) is 5.91 Å². The summed E-state index contributed by atoms with van der Waals surface area (Å²) >= 11 is 1.16. The van der Waals surface area contributed by atoms with Crippen LogP contribution >= 0.6 is 11.8 Å². The van der Waals surface area contributed by atoms with Crippen molar-refractivity contribution in [3.63, 3.8) is 0 Å². The van der Waals surface area contributed by atoms with E-state index in [1.54, 1.807) is 16.7 Å². The normalized spacial score (nSPS) is 10.9. The van der Waals surface area contributed by atoms with Gasteiger partial charge in [-0.15, -0.1) is 10.2 Å². The van der Waals surface area contributed by atoms with Gasteiger partial charge in [-0.3, -0.25) is 19.1 Å². The number of aryl methyl sites for hydroxylation is 1. The molecule has 174 valence electrons. The smallest absolute Gasteiger partial charge is 0.325 e. The molecule has 0 saturated heterocycles. The Morgan fingerprint density at radius 2 is 1.79 bits per heavy atom. The lowest BCUT2D eigenvalue weighted by Crippen LogP contribution is -2.23. The third-order valence-corrected chi connectivity index (χ3v) is 5.86. The van der Waals surface area contributed by atoms with Gasteiger partial charge in [0.25, 0.3) is 5.56 Å². The first kappa shape index (κ1) is 23.2. The Kier molecular flexibility index (Phi) is 7.02. The number of anilines is 1. The summed E-state index contributed by atoms with van der Waals surface area (Å²) < 4.78 is 15.2. The minimum absolute atomic E-state index is 0.0662. The number of hydrogen-bond donors (Lipinski definition) is 3. The minimum Gasteiger partial charge on any atom is -0.325 e. The van der Waals surface area contributed by atoms with Gasteiger partial charge >= 0.3 is 5.69 Å². The van der Waals surface area contributed by atoms with E-state index in [0.717, 1.165) is 18.2 Å². The van der Waals surface area contributed by atoms with Gasteiger partial charge in [-0.25, -0.2) is 9.18 Å². The molecule has 1 amide bonds. The van der Waals surface area contributed by atoms with Crippen molar-refractivity contribution in [3.8, 4) is 5.69 Å². The molecule has 0 saturated carbocycles. The highest BCUT2D eigenvalue weighted by Gasteiger charge is 2.17. The van der Waals surface area contributed by atoms with Crippen LogP contribution in [0.3, 0.4) is 0 Å². The highest BCUT2D eigenvalue weighted by Crippen LogP contribution is 2.24. The summed E-state index contributed by atoms with van der Waals surface area (Å²) in [5, 5.41) is 11.6. The molecular weight excluding hydrogens is 459 g/mol. The third-order valence-electron chi connectivity index (χ3n) is 4.93. The molecular formula is C23H21FN6O3S. The van der Waals surface area contributed by atoms with E-state index in [-0.39, 0.29) is 18.1 Å². The predicted octanol–water partition coefficient (Wildman–Crippen LogP) is 2.67. The van der Waals surface area contributed by atoms with Gasteiger partial charge in [-0.05, 0) is 48.4 Å². The average molecular weight is 481 g/mol. The number of carbonyl (C=O) groups excluding carboxylic acids is 1. The fourth-order valence-electron chi connectivity index (χ4n) is 3.29. The lowest BCUT2D eigenvalue weighted by molar-refractivity contribution is -0.113. The second-order valence-electron chi connectivity index (χ2n) is 7.39. The minimum atomic E-state index is -0.631. The van der Waals surface area contributed by atoms with Crippen LogP contribution in [0.25, 0.3) is 5.69 Å². The zero-order valence-corrected chi connectivity index (χ0v) is 19.0. The monoisotopic (exact) mass is 480 g/mol. The van der Waals surface area contributed by atoms with Crippen molar-refractivity contribution in [1.29, 1.82) is 0 Å². The van der Waals surface area contributed by atoms with Gasteiger partial charge in [0, 0.05) is 29.6 Å². The van der Waals surface area contributed by atoms with Crippen LogP contribution in [0.1, 0.15) is 24.0 Å². The molecule has 0 bridgehead atoms. The fraction of sp³-hybridized carbons (Fsp3) is 0.174. The van der Waals surface area contributed by atoms with E-state index in [0.29, 0.717) is 28.0 Å². The van der Waals surface area contributed by atoms with Crippen LogP contribution < -0.4 is 16.6 Å². The third kappa shape index (κ3) is 5.67. The van der Waals surface area contributed by atoms with Crippen LogP contribution in [0.15, 0.2) is 69.3 Å². The van der Waals surface area contributed by atoms with Gasteiger partial charge in [0.1, 0.15) is 11.6 Å². The standard InChI is InChI=1S/C23H21FN6O3S/c1-2-14-3-7-16(8-4-14)25-21(32)13-34-23-29-28-19(11-17-12-20(31)27-22(33)26-17)30(23)18-9-5-15(24)6-10-18/h3-10,12H,2,11,13H2,1H3,(H,25,32)(H2,26,27,31,33). The molecule has 0 radical (unpaired) electrons.